The standard InChI is InChI=1S/C21H20N6O/c22-9-7-14-1-3-15(4-2-14)21(28)27-16-5-6-17(27)12-26(11-16)20-18-8-10-23-19(18)24-13-25-20/h1-4,8,10,13,16-17H,5-7,11-12H2,(H,23,24,25). The number of amides is 1. The molecule has 2 atom stereocenters. The van der Waals surface area contributed by atoms with Gasteiger partial charge in [0.2, 0.25) is 0 Å². The number of carbonyl (C=O) groups is 1. The maximum absolute atomic E-state index is 13.2. The smallest absolute Gasteiger partial charge is 0.254 e. The highest BCUT2D eigenvalue weighted by molar-refractivity contribution is 5.95. The van der Waals surface area contributed by atoms with Crippen LogP contribution >= 0.6 is 0 Å². The van der Waals surface area contributed by atoms with Crippen LogP contribution in [0.3, 0.4) is 0 Å². The average molecular weight is 372 g/mol. The molecule has 2 unspecified atom stereocenters. The second kappa shape index (κ2) is 6.64. The lowest BCUT2D eigenvalue weighted by molar-refractivity contribution is 0.0641. The number of hydrogen-bond donors (Lipinski definition) is 1. The topological polar surface area (TPSA) is 88.9 Å². The summed E-state index contributed by atoms with van der Waals surface area (Å²) in [6.45, 7) is 1.57. The van der Waals surface area contributed by atoms with Crippen LogP contribution in [-0.2, 0) is 6.42 Å². The minimum Gasteiger partial charge on any atom is -0.352 e. The van der Waals surface area contributed by atoms with Crippen LogP contribution < -0.4 is 4.90 Å². The van der Waals surface area contributed by atoms with Gasteiger partial charge in [0.25, 0.3) is 5.91 Å². The number of aromatic nitrogens is 3. The van der Waals surface area contributed by atoms with E-state index in [9.17, 15) is 4.79 Å². The zero-order valence-electron chi connectivity index (χ0n) is 15.4. The molecule has 0 radical (unpaired) electrons. The highest BCUT2D eigenvalue weighted by atomic mass is 16.2. The molecule has 1 aromatic carbocycles. The summed E-state index contributed by atoms with van der Waals surface area (Å²) in [5.74, 6) is 1.03. The van der Waals surface area contributed by atoms with Gasteiger partial charge >= 0.3 is 0 Å². The third-order valence-electron chi connectivity index (χ3n) is 5.83. The zero-order valence-corrected chi connectivity index (χ0v) is 15.4. The molecule has 4 heterocycles. The molecule has 2 aliphatic rings. The van der Waals surface area contributed by atoms with Crippen molar-refractivity contribution in [2.24, 2.45) is 0 Å². The second-order valence-electron chi connectivity index (χ2n) is 7.47. The van der Waals surface area contributed by atoms with Gasteiger partial charge in [-0.15, -0.1) is 0 Å². The summed E-state index contributed by atoms with van der Waals surface area (Å²) in [5, 5.41) is 9.83. The summed E-state index contributed by atoms with van der Waals surface area (Å²) in [4.78, 5) is 29.4. The summed E-state index contributed by atoms with van der Waals surface area (Å²) in [6.07, 6.45) is 5.87. The molecular formula is C21H20N6O. The van der Waals surface area contributed by atoms with Crippen molar-refractivity contribution in [1.29, 1.82) is 5.26 Å². The highest BCUT2D eigenvalue weighted by Gasteiger charge is 2.43. The number of hydrogen-bond acceptors (Lipinski definition) is 5. The van der Waals surface area contributed by atoms with Crippen LogP contribution in [0.1, 0.15) is 28.8 Å². The zero-order chi connectivity index (χ0) is 19.1. The van der Waals surface area contributed by atoms with Gasteiger partial charge in [0.15, 0.2) is 0 Å². The largest absolute Gasteiger partial charge is 0.352 e. The van der Waals surface area contributed by atoms with Crippen LogP contribution in [0.15, 0.2) is 42.9 Å². The normalized spacial score (nSPS) is 21.1. The lowest BCUT2D eigenvalue weighted by Gasteiger charge is -2.41. The SMILES string of the molecule is N#CCc1ccc(C(=O)N2C3CCC2CN(c2ncnc4[nH]ccc24)C3)cc1. The number of nitrogens with zero attached hydrogens (tertiary/aromatic N) is 5. The Morgan fingerprint density at radius 2 is 1.89 bits per heavy atom. The lowest BCUT2D eigenvalue weighted by atomic mass is 10.1. The van der Waals surface area contributed by atoms with E-state index in [1.165, 1.54) is 0 Å². The first-order valence-corrected chi connectivity index (χ1v) is 9.56. The third kappa shape index (κ3) is 2.69. The molecule has 7 nitrogen and oxygen atoms in total. The summed E-state index contributed by atoms with van der Waals surface area (Å²) < 4.78 is 0. The van der Waals surface area contributed by atoms with Crippen molar-refractivity contribution in [2.45, 2.75) is 31.3 Å². The van der Waals surface area contributed by atoms with E-state index in [1.807, 2.05) is 36.5 Å². The Balaban J connectivity index is 1.38. The Morgan fingerprint density at radius 3 is 2.61 bits per heavy atom. The van der Waals surface area contributed by atoms with Gasteiger partial charge in [0.1, 0.15) is 17.8 Å². The van der Waals surface area contributed by atoms with Crippen molar-refractivity contribution in [3.8, 4) is 6.07 Å². The van der Waals surface area contributed by atoms with Gasteiger partial charge in [-0.1, -0.05) is 12.1 Å². The first kappa shape index (κ1) is 16.8. The molecular weight excluding hydrogens is 352 g/mol. The Labute approximate surface area is 162 Å². The molecule has 2 bridgehead atoms. The van der Waals surface area contributed by atoms with Crippen molar-refractivity contribution < 1.29 is 4.79 Å². The van der Waals surface area contributed by atoms with Crippen molar-refractivity contribution in [3.63, 3.8) is 0 Å². The Bertz CT molecular complexity index is 1050. The van der Waals surface area contributed by atoms with Gasteiger partial charge in [-0.3, -0.25) is 4.79 Å². The molecule has 0 saturated carbocycles. The molecule has 1 amide bonds. The number of carbonyl (C=O) groups excluding carboxylic acids is 1. The number of anilines is 1. The number of fused-ring (bicyclic) bond motifs is 3. The summed E-state index contributed by atoms with van der Waals surface area (Å²) in [6, 6.07) is 12.0. The summed E-state index contributed by atoms with van der Waals surface area (Å²) in [7, 11) is 0. The minimum atomic E-state index is 0.0881. The number of rotatable bonds is 3. The fourth-order valence-corrected chi connectivity index (χ4v) is 4.52. The molecule has 0 aliphatic carbocycles. The number of benzene rings is 1. The van der Waals surface area contributed by atoms with E-state index in [4.69, 9.17) is 5.26 Å². The number of nitriles is 1. The van der Waals surface area contributed by atoms with E-state index >= 15 is 0 Å². The van der Waals surface area contributed by atoms with Crippen LogP contribution in [0, 0.1) is 11.3 Å². The summed E-state index contributed by atoms with van der Waals surface area (Å²) >= 11 is 0. The number of piperazine rings is 1. The summed E-state index contributed by atoms with van der Waals surface area (Å²) in [5.41, 5.74) is 2.47. The fraction of sp³-hybridized carbons (Fsp3) is 0.333. The van der Waals surface area contributed by atoms with Crippen LogP contribution in [0.25, 0.3) is 11.0 Å². The molecule has 2 saturated heterocycles. The van der Waals surface area contributed by atoms with Gasteiger partial charge in [-0.05, 0) is 36.6 Å². The van der Waals surface area contributed by atoms with Crippen LogP contribution in [0.4, 0.5) is 5.82 Å². The van der Waals surface area contributed by atoms with Gasteiger partial charge in [0.05, 0.1) is 30.0 Å². The van der Waals surface area contributed by atoms with Crippen molar-refractivity contribution in [3.05, 3.63) is 54.0 Å². The molecule has 0 spiro atoms. The first-order chi connectivity index (χ1) is 13.7. The van der Waals surface area contributed by atoms with Gasteiger partial charge in [-0.25, -0.2) is 9.97 Å². The average Bonchev–Trinajstić information content (AvgIpc) is 3.30. The predicted octanol–water partition coefficient (Wildman–Crippen LogP) is 2.52. The van der Waals surface area contributed by atoms with Crippen molar-refractivity contribution in [1.82, 2.24) is 19.9 Å². The van der Waals surface area contributed by atoms with E-state index in [1.54, 1.807) is 6.33 Å². The van der Waals surface area contributed by atoms with E-state index in [-0.39, 0.29) is 18.0 Å². The van der Waals surface area contributed by atoms with Crippen LogP contribution in [-0.4, -0.2) is 50.9 Å². The molecule has 1 N–H and O–H groups in total. The molecule has 140 valence electrons. The second-order valence-corrected chi connectivity index (χ2v) is 7.47. The molecule has 2 aliphatic heterocycles. The minimum absolute atomic E-state index is 0.0881. The monoisotopic (exact) mass is 372 g/mol. The number of nitrogens with one attached hydrogen (secondary N) is 1. The van der Waals surface area contributed by atoms with Gasteiger partial charge in [0, 0.05) is 24.8 Å². The van der Waals surface area contributed by atoms with Gasteiger partial charge < -0.3 is 14.8 Å². The quantitative estimate of drug-likeness (QED) is 0.763. The van der Waals surface area contributed by atoms with Crippen LogP contribution in [0.2, 0.25) is 0 Å². The number of H-pyrrole nitrogens is 1. The maximum atomic E-state index is 13.2. The number of aromatic amines is 1. The fourth-order valence-electron chi connectivity index (χ4n) is 4.52. The molecule has 3 aromatic rings. The first-order valence-electron chi connectivity index (χ1n) is 9.56. The van der Waals surface area contributed by atoms with Gasteiger partial charge in [-0.2, -0.15) is 5.26 Å². The molecule has 7 heteroatoms. The Morgan fingerprint density at radius 1 is 1.14 bits per heavy atom. The van der Waals surface area contributed by atoms with E-state index in [0.717, 1.165) is 48.3 Å². The Hall–Kier alpha value is -3.40. The lowest BCUT2D eigenvalue weighted by Crippen LogP contribution is -2.56. The molecule has 2 fully saturated rings. The molecule has 2 aromatic heterocycles. The van der Waals surface area contributed by atoms with E-state index in [0.29, 0.717) is 12.0 Å². The Kier molecular flexibility index (Phi) is 3.97. The maximum Gasteiger partial charge on any atom is 0.254 e. The van der Waals surface area contributed by atoms with Crippen LogP contribution in [0.5, 0.6) is 0 Å². The highest BCUT2D eigenvalue weighted by Crippen LogP contribution is 2.35. The van der Waals surface area contributed by atoms with E-state index < -0.39 is 0 Å². The third-order valence-corrected chi connectivity index (χ3v) is 5.83. The van der Waals surface area contributed by atoms with E-state index in [2.05, 4.69) is 30.8 Å². The molecule has 5 rings (SSSR count). The van der Waals surface area contributed by atoms with Crippen molar-refractivity contribution >= 4 is 22.8 Å². The molecule has 28 heavy (non-hydrogen) atoms. The van der Waals surface area contributed by atoms with Crippen molar-refractivity contribution in [2.75, 3.05) is 18.0 Å². The predicted molar refractivity (Wildman–Crippen MR) is 105 cm³/mol.